The van der Waals surface area contributed by atoms with Crippen LogP contribution < -0.4 is 5.32 Å². The topological polar surface area (TPSA) is 44.8 Å². The molecule has 122 valence electrons. The van der Waals surface area contributed by atoms with Crippen molar-refractivity contribution in [1.29, 1.82) is 0 Å². The third kappa shape index (κ3) is 5.83. The zero-order valence-electron chi connectivity index (χ0n) is 14.0. The predicted octanol–water partition coefficient (Wildman–Crippen LogP) is 2.07. The summed E-state index contributed by atoms with van der Waals surface area (Å²) in [4.78, 5) is 16.5. The molecule has 1 aliphatic heterocycles. The Labute approximate surface area is 129 Å². The van der Waals surface area contributed by atoms with Gasteiger partial charge in [-0.05, 0) is 66.6 Å². The average molecular weight is 297 g/mol. The van der Waals surface area contributed by atoms with E-state index >= 15 is 0 Å². The van der Waals surface area contributed by atoms with Gasteiger partial charge in [0.15, 0.2) is 0 Å². The van der Waals surface area contributed by atoms with Crippen LogP contribution in [0, 0.1) is 0 Å². The quantitative estimate of drug-likeness (QED) is 0.762. The van der Waals surface area contributed by atoms with Crippen LogP contribution >= 0.6 is 0 Å². The fourth-order valence-electron chi connectivity index (χ4n) is 2.79. The number of ether oxygens (including phenoxy) is 1. The maximum atomic E-state index is 12.2. The van der Waals surface area contributed by atoms with Crippen molar-refractivity contribution in [2.45, 2.75) is 64.1 Å². The Hall–Kier alpha value is -0.810. The van der Waals surface area contributed by atoms with Crippen LogP contribution in [0.5, 0.6) is 0 Å². The van der Waals surface area contributed by atoms with Crippen LogP contribution in [0.15, 0.2) is 0 Å². The first-order valence-electron chi connectivity index (χ1n) is 8.27. The Balaban J connectivity index is 1.67. The highest BCUT2D eigenvalue weighted by atomic mass is 16.6. The second-order valence-electron chi connectivity index (χ2n) is 7.46. The second kappa shape index (κ2) is 6.97. The molecule has 1 saturated heterocycles. The number of nitrogens with zero attached hydrogens (tertiary/aromatic N) is 2. The zero-order chi connectivity index (χ0) is 15.5. The predicted molar refractivity (Wildman–Crippen MR) is 84.5 cm³/mol. The fourth-order valence-corrected chi connectivity index (χ4v) is 2.79. The van der Waals surface area contributed by atoms with Crippen LogP contribution in [0.4, 0.5) is 4.79 Å². The molecular formula is C16H31N3O2. The van der Waals surface area contributed by atoms with Crippen LogP contribution in [-0.4, -0.2) is 66.8 Å². The van der Waals surface area contributed by atoms with Gasteiger partial charge >= 0.3 is 6.09 Å². The summed E-state index contributed by atoms with van der Waals surface area (Å²) in [5, 5.41) is 3.59. The van der Waals surface area contributed by atoms with E-state index < -0.39 is 5.60 Å². The number of likely N-dealkylation sites (tertiary alicyclic amines) is 1. The zero-order valence-corrected chi connectivity index (χ0v) is 14.0. The normalized spacial score (nSPS) is 23.3. The minimum atomic E-state index is -0.406. The Morgan fingerprint density at radius 2 is 2.05 bits per heavy atom. The molecule has 0 aromatic heterocycles. The lowest BCUT2D eigenvalue weighted by atomic mass is 10.2. The maximum absolute atomic E-state index is 12.2. The SMILES string of the molecule is CN1CCC(NCCCN(C(=O)OC(C)(C)C)C2CC2)C1. The smallest absolute Gasteiger partial charge is 0.410 e. The van der Waals surface area contributed by atoms with Gasteiger partial charge in [0.2, 0.25) is 0 Å². The molecule has 0 aromatic rings. The van der Waals surface area contributed by atoms with Crippen LogP contribution in [0.2, 0.25) is 0 Å². The molecule has 1 aliphatic carbocycles. The summed E-state index contributed by atoms with van der Waals surface area (Å²) in [5.74, 6) is 0. The Bertz CT molecular complexity index is 350. The number of hydrogen-bond donors (Lipinski definition) is 1. The van der Waals surface area contributed by atoms with E-state index in [4.69, 9.17) is 4.74 Å². The van der Waals surface area contributed by atoms with Crippen LogP contribution in [0.25, 0.3) is 0 Å². The lowest BCUT2D eigenvalue weighted by molar-refractivity contribution is 0.0232. The summed E-state index contributed by atoms with van der Waals surface area (Å²) in [7, 11) is 2.17. The Morgan fingerprint density at radius 1 is 1.33 bits per heavy atom. The van der Waals surface area contributed by atoms with Crippen molar-refractivity contribution in [2.75, 3.05) is 33.2 Å². The van der Waals surface area contributed by atoms with Crippen molar-refractivity contribution < 1.29 is 9.53 Å². The molecule has 1 atom stereocenters. The standard InChI is InChI=1S/C16H31N3O2/c1-16(2,3)21-15(20)19(14-6-7-14)10-5-9-17-13-8-11-18(4)12-13/h13-14,17H,5-12H2,1-4H3. The Morgan fingerprint density at radius 3 is 2.57 bits per heavy atom. The van der Waals surface area contributed by atoms with Gasteiger partial charge in [-0.2, -0.15) is 0 Å². The van der Waals surface area contributed by atoms with Crippen molar-refractivity contribution in [3.8, 4) is 0 Å². The van der Waals surface area contributed by atoms with E-state index in [2.05, 4.69) is 17.3 Å². The summed E-state index contributed by atoms with van der Waals surface area (Å²) in [6.45, 7) is 9.87. The van der Waals surface area contributed by atoms with Gasteiger partial charge < -0.3 is 19.9 Å². The van der Waals surface area contributed by atoms with Gasteiger partial charge in [-0.15, -0.1) is 0 Å². The number of likely N-dealkylation sites (N-methyl/N-ethyl adjacent to an activating group) is 1. The highest BCUT2D eigenvalue weighted by Crippen LogP contribution is 2.28. The molecule has 2 rings (SSSR count). The average Bonchev–Trinajstić information content (AvgIpc) is 3.10. The molecule has 0 bridgehead atoms. The molecule has 2 fully saturated rings. The summed E-state index contributed by atoms with van der Waals surface area (Å²) >= 11 is 0. The van der Waals surface area contributed by atoms with Crippen molar-refractivity contribution in [1.82, 2.24) is 15.1 Å². The molecule has 5 nitrogen and oxygen atoms in total. The summed E-state index contributed by atoms with van der Waals surface area (Å²) < 4.78 is 5.51. The second-order valence-corrected chi connectivity index (χ2v) is 7.46. The first-order valence-corrected chi connectivity index (χ1v) is 8.27. The number of rotatable bonds is 6. The van der Waals surface area contributed by atoms with Crippen molar-refractivity contribution in [2.24, 2.45) is 0 Å². The van der Waals surface area contributed by atoms with Crippen LogP contribution in [0.3, 0.4) is 0 Å². The van der Waals surface area contributed by atoms with Gasteiger partial charge in [0, 0.05) is 25.2 Å². The maximum Gasteiger partial charge on any atom is 0.410 e. The molecule has 2 aliphatic rings. The van der Waals surface area contributed by atoms with Gasteiger partial charge in [0.25, 0.3) is 0 Å². The number of nitrogens with one attached hydrogen (secondary N) is 1. The molecule has 1 saturated carbocycles. The number of carbonyl (C=O) groups excluding carboxylic acids is 1. The summed E-state index contributed by atoms with van der Waals surface area (Å²) in [5.41, 5.74) is -0.406. The first-order chi connectivity index (χ1) is 9.85. The Kier molecular flexibility index (Phi) is 5.49. The highest BCUT2D eigenvalue weighted by Gasteiger charge is 2.34. The molecule has 21 heavy (non-hydrogen) atoms. The first kappa shape index (κ1) is 16.6. The molecule has 0 radical (unpaired) electrons. The van der Waals surface area contributed by atoms with E-state index in [1.807, 2.05) is 25.7 Å². The van der Waals surface area contributed by atoms with Gasteiger partial charge in [-0.1, -0.05) is 0 Å². The molecule has 1 amide bonds. The molecule has 1 unspecified atom stereocenters. The summed E-state index contributed by atoms with van der Waals surface area (Å²) in [6.07, 6.45) is 4.33. The molecule has 1 heterocycles. The van der Waals surface area contributed by atoms with Gasteiger partial charge in [0.1, 0.15) is 5.60 Å². The minimum absolute atomic E-state index is 0.148. The lowest BCUT2D eigenvalue weighted by Gasteiger charge is -2.27. The monoisotopic (exact) mass is 297 g/mol. The van der Waals surface area contributed by atoms with E-state index in [0.717, 1.165) is 38.9 Å². The van der Waals surface area contributed by atoms with Crippen molar-refractivity contribution in [3.63, 3.8) is 0 Å². The molecule has 0 spiro atoms. The number of carbonyl (C=O) groups is 1. The van der Waals surface area contributed by atoms with Gasteiger partial charge in [-0.3, -0.25) is 0 Å². The lowest BCUT2D eigenvalue weighted by Crippen LogP contribution is -2.40. The van der Waals surface area contributed by atoms with Crippen LogP contribution in [0.1, 0.15) is 46.5 Å². The van der Waals surface area contributed by atoms with E-state index in [-0.39, 0.29) is 6.09 Å². The number of amides is 1. The largest absolute Gasteiger partial charge is 0.444 e. The van der Waals surface area contributed by atoms with Gasteiger partial charge in [-0.25, -0.2) is 4.79 Å². The minimum Gasteiger partial charge on any atom is -0.444 e. The third-order valence-electron chi connectivity index (χ3n) is 4.02. The molecule has 1 N–H and O–H groups in total. The molecule has 0 aromatic carbocycles. The van der Waals surface area contributed by atoms with Crippen molar-refractivity contribution >= 4 is 6.09 Å². The van der Waals surface area contributed by atoms with Crippen LogP contribution in [-0.2, 0) is 4.74 Å². The van der Waals surface area contributed by atoms with E-state index in [0.29, 0.717) is 12.1 Å². The fraction of sp³-hybridized carbons (Fsp3) is 0.938. The van der Waals surface area contributed by atoms with E-state index in [1.54, 1.807) is 0 Å². The summed E-state index contributed by atoms with van der Waals surface area (Å²) in [6, 6.07) is 1.03. The van der Waals surface area contributed by atoms with Crippen molar-refractivity contribution in [3.05, 3.63) is 0 Å². The van der Waals surface area contributed by atoms with Gasteiger partial charge in [0.05, 0.1) is 0 Å². The van der Waals surface area contributed by atoms with E-state index in [9.17, 15) is 4.79 Å². The highest BCUT2D eigenvalue weighted by molar-refractivity contribution is 5.69. The number of hydrogen-bond acceptors (Lipinski definition) is 4. The van der Waals surface area contributed by atoms with E-state index in [1.165, 1.54) is 13.0 Å². The molecular weight excluding hydrogens is 266 g/mol. The third-order valence-corrected chi connectivity index (χ3v) is 4.02. The molecule has 5 heteroatoms.